The molecule has 0 saturated heterocycles. The minimum Gasteiger partial charge on any atom is -0.308 e. The zero-order valence-corrected chi connectivity index (χ0v) is 11.0. The first-order chi connectivity index (χ1) is 8.13. The number of anilines is 1. The van der Waals surface area contributed by atoms with Crippen molar-refractivity contribution in [2.75, 3.05) is 12.5 Å². The van der Waals surface area contributed by atoms with Crippen molar-refractivity contribution in [2.45, 2.75) is 45.2 Å². The van der Waals surface area contributed by atoms with E-state index in [1.165, 1.54) is 31.2 Å². The highest BCUT2D eigenvalue weighted by Crippen LogP contribution is 2.26. The molecule has 1 aliphatic rings. The number of aromatic nitrogens is 2. The molecule has 0 aromatic carbocycles. The van der Waals surface area contributed by atoms with Crippen LogP contribution in [-0.4, -0.2) is 27.8 Å². The first-order valence-electron chi connectivity index (χ1n) is 6.32. The van der Waals surface area contributed by atoms with E-state index in [2.05, 4.69) is 22.5 Å². The van der Waals surface area contributed by atoms with Crippen LogP contribution in [0.3, 0.4) is 0 Å². The van der Waals surface area contributed by atoms with Crippen LogP contribution in [0.25, 0.3) is 0 Å². The maximum Gasteiger partial charge on any atom is 0.142 e. The highest BCUT2D eigenvalue weighted by molar-refractivity contribution is 5.46. The molecule has 1 aliphatic carbocycles. The predicted octanol–water partition coefficient (Wildman–Crippen LogP) is 1.39. The summed E-state index contributed by atoms with van der Waals surface area (Å²) in [5, 5.41) is 4.41. The fourth-order valence-corrected chi connectivity index (χ4v) is 2.80. The van der Waals surface area contributed by atoms with Crippen molar-refractivity contribution in [3.8, 4) is 0 Å². The molecule has 1 fully saturated rings. The van der Waals surface area contributed by atoms with Gasteiger partial charge in [-0.05, 0) is 26.8 Å². The smallest absolute Gasteiger partial charge is 0.142 e. The molecule has 96 valence electrons. The van der Waals surface area contributed by atoms with E-state index in [4.69, 9.17) is 5.84 Å². The van der Waals surface area contributed by atoms with Crippen molar-refractivity contribution in [1.82, 2.24) is 14.7 Å². The van der Waals surface area contributed by atoms with E-state index in [9.17, 15) is 0 Å². The zero-order chi connectivity index (χ0) is 12.4. The molecule has 5 nitrogen and oxygen atoms in total. The summed E-state index contributed by atoms with van der Waals surface area (Å²) < 4.78 is 1.81. The summed E-state index contributed by atoms with van der Waals surface area (Å²) in [5.74, 6) is 6.49. The van der Waals surface area contributed by atoms with Gasteiger partial charge in [-0.1, -0.05) is 12.8 Å². The molecule has 0 radical (unpaired) electrons. The van der Waals surface area contributed by atoms with Crippen molar-refractivity contribution in [3.63, 3.8) is 0 Å². The van der Waals surface area contributed by atoms with E-state index in [0.717, 1.165) is 24.1 Å². The molecule has 1 saturated carbocycles. The Labute approximate surface area is 103 Å². The number of hydrogen-bond acceptors (Lipinski definition) is 4. The molecule has 3 N–H and O–H groups in total. The number of hydrogen-bond donors (Lipinski definition) is 2. The molecule has 1 aromatic rings. The molecule has 17 heavy (non-hydrogen) atoms. The topological polar surface area (TPSA) is 59.1 Å². The number of nitrogens with two attached hydrogens (primary N) is 1. The van der Waals surface area contributed by atoms with Gasteiger partial charge in [0.1, 0.15) is 5.82 Å². The second-order valence-electron chi connectivity index (χ2n) is 5.03. The second kappa shape index (κ2) is 5.06. The van der Waals surface area contributed by atoms with Gasteiger partial charge in [0, 0.05) is 25.2 Å². The van der Waals surface area contributed by atoms with Crippen LogP contribution in [0.2, 0.25) is 0 Å². The van der Waals surface area contributed by atoms with Gasteiger partial charge in [0.25, 0.3) is 0 Å². The van der Waals surface area contributed by atoms with Gasteiger partial charge in [-0.3, -0.25) is 9.58 Å². The lowest BCUT2D eigenvalue weighted by molar-refractivity contribution is 0.237. The fourth-order valence-electron chi connectivity index (χ4n) is 2.80. The summed E-state index contributed by atoms with van der Waals surface area (Å²) >= 11 is 0. The standard InChI is InChI=1S/C12H23N5/c1-9-11(12(14-13)17(3)15-9)8-16(2)10-6-4-5-7-10/h10,14H,4-8,13H2,1-3H3. The Balaban J connectivity index is 2.11. The molecule has 0 atom stereocenters. The van der Waals surface area contributed by atoms with Gasteiger partial charge in [0.2, 0.25) is 0 Å². The number of nitrogen functional groups attached to an aromatic ring is 1. The molecule has 2 rings (SSSR count). The highest BCUT2D eigenvalue weighted by atomic mass is 15.4. The van der Waals surface area contributed by atoms with Gasteiger partial charge >= 0.3 is 0 Å². The minimum absolute atomic E-state index is 0.722. The van der Waals surface area contributed by atoms with Crippen molar-refractivity contribution < 1.29 is 0 Å². The first-order valence-corrected chi connectivity index (χ1v) is 6.32. The quantitative estimate of drug-likeness (QED) is 0.613. The summed E-state index contributed by atoms with van der Waals surface area (Å²) in [6, 6.07) is 0.722. The predicted molar refractivity (Wildman–Crippen MR) is 69.5 cm³/mol. The summed E-state index contributed by atoms with van der Waals surface area (Å²) in [7, 11) is 4.12. The highest BCUT2D eigenvalue weighted by Gasteiger charge is 2.22. The molecule has 1 heterocycles. The van der Waals surface area contributed by atoms with Crippen LogP contribution < -0.4 is 11.3 Å². The summed E-state index contributed by atoms with van der Waals surface area (Å²) in [5.41, 5.74) is 5.03. The van der Waals surface area contributed by atoms with Gasteiger partial charge < -0.3 is 5.43 Å². The SMILES string of the molecule is Cc1nn(C)c(NN)c1CN(C)C1CCCC1. The van der Waals surface area contributed by atoms with Crippen molar-refractivity contribution in [3.05, 3.63) is 11.3 Å². The van der Waals surface area contributed by atoms with Crippen LogP contribution in [0, 0.1) is 6.92 Å². The van der Waals surface area contributed by atoms with Crippen LogP contribution in [0.1, 0.15) is 36.9 Å². The third-order valence-electron chi connectivity index (χ3n) is 3.84. The summed E-state index contributed by atoms with van der Waals surface area (Å²) in [4.78, 5) is 2.43. The minimum atomic E-state index is 0.722. The van der Waals surface area contributed by atoms with Crippen molar-refractivity contribution in [2.24, 2.45) is 12.9 Å². The fraction of sp³-hybridized carbons (Fsp3) is 0.750. The molecule has 0 spiro atoms. The molecule has 0 bridgehead atoms. The molecular weight excluding hydrogens is 214 g/mol. The van der Waals surface area contributed by atoms with Crippen molar-refractivity contribution >= 4 is 5.82 Å². The summed E-state index contributed by atoms with van der Waals surface area (Å²) in [6.07, 6.45) is 5.37. The van der Waals surface area contributed by atoms with Crippen LogP contribution >= 0.6 is 0 Å². The van der Waals surface area contributed by atoms with E-state index < -0.39 is 0 Å². The lowest BCUT2D eigenvalue weighted by atomic mass is 10.1. The Kier molecular flexibility index (Phi) is 3.69. The monoisotopic (exact) mass is 237 g/mol. The van der Waals surface area contributed by atoms with Gasteiger partial charge in [0.05, 0.1) is 5.69 Å². The molecule has 1 aromatic heterocycles. The second-order valence-corrected chi connectivity index (χ2v) is 5.03. The molecule has 0 unspecified atom stereocenters. The van der Waals surface area contributed by atoms with E-state index >= 15 is 0 Å². The third kappa shape index (κ3) is 2.45. The average Bonchev–Trinajstić information content (AvgIpc) is 2.88. The molecular formula is C12H23N5. The normalized spacial score (nSPS) is 17.0. The Hall–Kier alpha value is -1.07. The largest absolute Gasteiger partial charge is 0.308 e. The number of nitrogens with zero attached hydrogens (tertiary/aromatic N) is 3. The lowest BCUT2D eigenvalue weighted by Gasteiger charge is -2.24. The average molecular weight is 237 g/mol. The van der Waals surface area contributed by atoms with Gasteiger partial charge in [-0.25, -0.2) is 5.84 Å². The molecule has 5 heteroatoms. The Bertz CT molecular complexity index is 378. The first kappa shape index (κ1) is 12.4. The number of nitrogens with one attached hydrogen (secondary N) is 1. The molecule has 0 amide bonds. The van der Waals surface area contributed by atoms with Gasteiger partial charge in [0.15, 0.2) is 0 Å². The van der Waals surface area contributed by atoms with Gasteiger partial charge in [-0.15, -0.1) is 0 Å². The number of hydrazine groups is 1. The maximum absolute atomic E-state index is 5.56. The van der Waals surface area contributed by atoms with E-state index in [1.807, 2.05) is 18.7 Å². The molecule has 0 aliphatic heterocycles. The van der Waals surface area contributed by atoms with E-state index in [1.54, 1.807) is 0 Å². The number of rotatable bonds is 4. The third-order valence-corrected chi connectivity index (χ3v) is 3.84. The Morgan fingerprint density at radius 3 is 2.71 bits per heavy atom. The van der Waals surface area contributed by atoms with E-state index in [-0.39, 0.29) is 0 Å². The lowest BCUT2D eigenvalue weighted by Crippen LogP contribution is -2.29. The van der Waals surface area contributed by atoms with Crippen LogP contribution in [-0.2, 0) is 13.6 Å². The van der Waals surface area contributed by atoms with Crippen LogP contribution in [0.4, 0.5) is 5.82 Å². The zero-order valence-electron chi connectivity index (χ0n) is 11.0. The van der Waals surface area contributed by atoms with E-state index in [0.29, 0.717) is 0 Å². The maximum atomic E-state index is 5.56. The Morgan fingerprint density at radius 1 is 1.47 bits per heavy atom. The van der Waals surface area contributed by atoms with Crippen LogP contribution in [0.15, 0.2) is 0 Å². The Morgan fingerprint density at radius 2 is 2.12 bits per heavy atom. The van der Waals surface area contributed by atoms with Gasteiger partial charge in [-0.2, -0.15) is 5.10 Å². The number of aryl methyl sites for hydroxylation is 2. The summed E-state index contributed by atoms with van der Waals surface area (Å²) in [6.45, 7) is 2.96. The van der Waals surface area contributed by atoms with Crippen LogP contribution in [0.5, 0.6) is 0 Å². The van der Waals surface area contributed by atoms with Crippen molar-refractivity contribution in [1.29, 1.82) is 0 Å².